The number of nitrogens with one attached hydrogen (secondary N) is 1. The van der Waals surface area contributed by atoms with E-state index in [0.29, 0.717) is 17.7 Å². The predicted octanol–water partition coefficient (Wildman–Crippen LogP) is 3.64. The van der Waals surface area contributed by atoms with Crippen LogP contribution in [0.5, 0.6) is 0 Å². The third-order valence-electron chi connectivity index (χ3n) is 5.46. The summed E-state index contributed by atoms with van der Waals surface area (Å²) in [5.74, 6) is 2.97. The van der Waals surface area contributed by atoms with Gasteiger partial charge < -0.3 is 4.90 Å². The summed E-state index contributed by atoms with van der Waals surface area (Å²) < 4.78 is 0. The molecular formula is C18H34N2O. The summed E-state index contributed by atoms with van der Waals surface area (Å²) in [6.07, 6.45) is 6.32. The highest BCUT2D eigenvalue weighted by Crippen LogP contribution is 2.33. The Morgan fingerprint density at radius 3 is 2.52 bits per heavy atom. The fourth-order valence-corrected chi connectivity index (χ4v) is 3.97. The van der Waals surface area contributed by atoms with Gasteiger partial charge in [-0.15, -0.1) is 0 Å². The van der Waals surface area contributed by atoms with Crippen LogP contribution in [0.4, 0.5) is 0 Å². The Morgan fingerprint density at radius 2 is 2.00 bits per heavy atom. The number of rotatable bonds is 6. The Labute approximate surface area is 130 Å². The minimum atomic E-state index is 0.0394. The normalized spacial score (nSPS) is 35.0. The van der Waals surface area contributed by atoms with Crippen LogP contribution in [0.25, 0.3) is 0 Å². The third kappa shape index (κ3) is 4.00. The number of carbonyl (C=O) groups is 1. The standard InChI is InChI=1S/C18H34N2O/c1-6-14(5)17-18(21)20(16(19-17)9-12(2)3)11-15-8-7-13(4)10-15/h12-17,19H,6-11H2,1-5H3. The molecule has 0 aromatic rings. The Hall–Kier alpha value is -0.570. The Kier molecular flexibility index (Phi) is 5.70. The number of amides is 1. The van der Waals surface area contributed by atoms with Crippen LogP contribution in [0, 0.1) is 23.7 Å². The zero-order chi connectivity index (χ0) is 15.6. The van der Waals surface area contributed by atoms with Gasteiger partial charge in [-0.25, -0.2) is 0 Å². The van der Waals surface area contributed by atoms with Crippen LogP contribution in [0.15, 0.2) is 0 Å². The average molecular weight is 294 g/mol. The van der Waals surface area contributed by atoms with Crippen molar-refractivity contribution in [1.29, 1.82) is 0 Å². The predicted molar refractivity (Wildman–Crippen MR) is 87.8 cm³/mol. The topological polar surface area (TPSA) is 32.3 Å². The first-order chi connectivity index (χ1) is 9.92. The molecule has 5 unspecified atom stereocenters. The van der Waals surface area contributed by atoms with E-state index in [4.69, 9.17) is 0 Å². The van der Waals surface area contributed by atoms with Crippen molar-refractivity contribution in [3.8, 4) is 0 Å². The molecule has 0 bridgehead atoms. The van der Waals surface area contributed by atoms with Crippen LogP contribution in [0.2, 0.25) is 0 Å². The molecule has 0 radical (unpaired) electrons. The van der Waals surface area contributed by atoms with E-state index in [2.05, 4.69) is 44.8 Å². The second-order valence-corrected chi connectivity index (χ2v) is 7.95. The summed E-state index contributed by atoms with van der Waals surface area (Å²) in [4.78, 5) is 15.0. The molecule has 3 heteroatoms. The van der Waals surface area contributed by atoms with E-state index in [1.165, 1.54) is 19.3 Å². The maximum Gasteiger partial charge on any atom is 0.241 e. The number of hydrogen-bond donors (Lipinski definition) is 1. The molecule has 0 spiro atoms. The summed E-state index contributed by atoms with van der Waals surface area (Å²) in [5.41, 5.74) is 0. The van der Waals surface area contributed by atoms with Crippen molar-refractivity contribution in [3.05, 3.63) is 0 Å². The molecule has 1 saturated carbocycles. The van der Waals surface area contributed by atoms with Gasteiger partial charge in [-0.3, -0.25) is 10.1 Å². The second kappa shape index (κ2) is 7.13. The minimum Gasteiger partial charge on any atom is -0.326 e. The minimum absolute atomic E-state index is 0.0394. The molecule has 0 aromatic carbocycles. The van der Waals surface area contributed by atoms with E-state index in [9.17, 15) is 4.79 Å². The molecule has 0 aromatic heterocycles. The SMILES string of the molecule is CCC(C)C1NC(CC(C)C)N(CC2CCC(C)C2)C1=O. The highest BCUT2D eigenvalue weighted by Gasteiger charge is 2.42. The van der Waals surface area contributed by atoms with Crippen LogP contribution >= 0.6 is 0 Å². The van der Waals surface area contributed by atoms with E-state index >= 15 is 0 Å². The summed E-state index contributed by atoms with van der Waals surface area (Å²) in [6, 6.07) is 0.0394. The average Bonchev–Trinajstić information content (AvgIpc) is 2.96. The number of hydrogen-bond acceptors (Lipinski definition) is 2. The lowest BCUT2D eigenvalue weighted by atomic mass is 9.99. The van der Waals surface area contributed by atoms with Crippen LogP contribution < -0.4 is 5.32 Å². The molecule has 2 rings (SSSR count). The van der Waals surface area contributed by atoms with E-state index in [1.807, 2.05) is 0 Å². The summed E-state index contributed by atoms with van der Waals surface area (Å²) >= 11 is 0. The van der Waals surface area contributed by atoms with E-state index < -0.39 is 0 Å². The highest BCUT2D eigenvalue weighted by molar-refractivity contribution is 5.84. The maximum absolute atomic E-state index is 12.8. The first kappa shape index (κ1) is 16.8. The van der Waals surface area contributed by atoms with E-state index in [-0.39, 0.29) is 12.2 Å². The van der Waals surface area contributed by atoms with E-state index in [0.717, 1.165) is 31.2 Å². The second-order valence-electron chi connectivity index (χ2n) is 7.95. The lowest BCUT2D eigenvalue weighted by molar-refractivity contribution is -0.131. The van der Waals surface area contributed by atoms with Gasteiger partial charge in [0.1, 0.15) is 0 Å². The van der Waals surface area contributed by atoms with Crippen molar-refractivity contribution in [2.75, 3.05) is 6.54 Å². The quantitative estimate of drug-likeness (QED) is 0.811. The molecule has 21 heavy (non-hydrogen) atoms. The first-order valence-corrected chi connectivity index (χ1v) is 8.98. The Morgan fingerprint density at radius 1 is 1.29 bits per heavy atom. The summed E-state index contributed by atoms with van der Waals surface area (Å²) in [6.45, 7) is 12.2. The third-order valence-corrected chi connectivity index (χ3v) is 5.46. The van der Waals surface area contributed by atoms with Crippen LogP contribution in [-0.4, -0.2) is 29.6 Å². The zero-order valence-electron chi connectivity index (χ0n) is 14.6. The zero-order valence-corrected chi connectivity index (χ0v) is 14.6. The monoisotopic (exact) mass is 294 g/mol. The van der Waals surface area contributed by atoms with Crippen LogP contribution in [-0.2, 0) is 4.79 Å². The molecule has 3 nitrogen and oxygen atoms in total. The van der Waals surface area contributed by atoms with Crippen molar-refractivity contribution >= 4 is 5.91 Å². The first-order valence-electron chi connectivity index (χ1n) is 8.98. The van der Waals surface area contributed by atoms with Crippen LogP contribution in [0.1, 0.15) is 66.7 Å². The smallest absolute Gasteiger partial charge is 0.241 e. The van der Waals surface area contributed by atoms with Gasteiger partial charge in [0.2, 0.25) is 5.91 Å². The maximum atomic E-state index is 12.8. The molecule has 1 N–H and O–H groups in total. The van der Waals surface area contributed by atoms with Gasteiger partial charge in [0.15, 0.2) is 0 Å². The van der Waals surface area contributed by atoms with Crippen molar-refractivity contribution in [1.82, 2.24) is 10.2 Å². The van der Waals surface area contributed by atoms with Gasteiger partial charge >= 0.3 is 0 Å². The summed E-state index contributed by atoms with van der Waals surface area (Å²) in [7, 11) is 0. The molecular weight excluding hydrogens is 260 g/mol. The number of carbonyl (C=O) groups excluding carboxylic acids is 1. The lowest BCUT2D eigenvalue weighted by Crippen LogP contribution is -2.41. The molecule has 122 valence electrons. The fourth-order valence-electron chi connectivity index (χ4n) is 3.97. The summed E-state index contributed by atoms with van der Waals surface area (Å²) in [5, 5.41) is 3.63. The molecule has 1 saturated heterocycles. The van der Waals surface area contributed by atoms with Crippen LogP contribution in [0.3, 0.4) is 0 Å². The largest absolute Gasteiger partial charge is 0.326 e. The van der Waals surface area contributed by atoms with Crippen molar-refractivity contribution in [2.45, 2.75) is 78.9 Å². The lowest BCUT2D eigenvalue weighted by Gasteiger charge is -2.28. The molecule has 5 atom stereocenters. The van der Waals surface area contributed by atoms with Crippen molar-refractivity contribution in [2.24, 2.45) is 23.7 Å². The van der Waals surface area contributed by atoms with Gasteiger partial charge in [-0.2, -0.15) is 0 Å². The Bertz CT molecular complexity index is 355. The Balaban J connectivity index is 2.04. The van der Waals surface area contributed by atoms with Crippen molar-refractivity contribution in [3.63, 3.8) is 0 Å². The molecule has 1 heterocycles. The van der Waals surface area contributed by atoms with Gasteiger partial charge in [-0.1, -0.05) is 47.5 Å². The van der Waals surface area contributed by atoms with E-state index in [1.54, 1.807) is 0 Å². The molecule has 2 aliphatic rings. The molecule has 2 fully saturated rings. The van der Waals surface area contributed by atoms with Crippen molar-refractivity contribution < 1.29 is 4.79 Å². The number of nitrogens with zero attached hydrogens (tertiary/aromatic N) is 1. The van der Waals surface area contributed by atoms with Gasteiger partial charge in [0.05, 0.1) is 12.2 Å². The molecule has 1 aliphatic carbocycles. The highest BCUT2D eigenvalue weighted by atomic mass is 16.2. The van der Waals surface area contributed by atoms with Gasteiger partial charge in [-0.05, 0) is 42.9 Å². The fraction of sp³-hybridized carbons (Fsp3) is 0.944. The van der Waals surface area contributed by atoms with Gasteiger partial charge in [0.25, 0.3) is 0 Å². The molecule has 1 aliphatic heterocycles. The van der Waals surface area contributed by atoms with Gasteiger partial charge in [0, 0.05) is 6.54 Å². The molecule has 1 amide bonds.